The van der Waals surface area contributed by atoms with Crippen molar-refractivity contribution >= 4 is 23.1 Å². The van der Waals surface area contributed by atoms with E-state index in [2.05, 4.69) is 15.6 Å². The summed E-state index contributed by atoms with van der Waals surface area (Å²) >= 11 is 0. The van der Waals surface area contributed by atoms with Crippen LogP contribution in [0.5, 0.6) is 0 Å². The van der Waals surface area contributed by atoms with E-state index in [1.54, 1.807) is 12.1 Å². The standard InChI is InChI=1S/C19H17N3O/c1-14-8-7-13-18(20-14)22-19(23)16-11-5-6-12-17(16)21-15-9-3-2-4-10-15/h2-13,21H,1H3,(H,20,22,23). The van der Waals surface area contributed by atoms with Crippen molar-refractivity contribution in [2.75, 3.05) is 10.6 Å². The predicted octanol–water partition coefficient (Wildman–Crippen LogP) is 4.39. The number of hydrogen-bond acceptors (Lipinski definition) is 3. The summed E-state index contributed by atoms with van der Waals surface area (Å²) in [5.41, 5.74) is 3.11. The van der Waals surface area contributed by atoms with E-state index in [4.69, 9.17) is 0 Å². The second-order valence-electron chi connectivity index (χ2n) is 5.15. The van der Waals surface area contributed by atoms with Crippen LogP contribution >= 0.6 is 0 Å². The Morgan fingerprint density at radius 1 is 0.870 bits per heavy atom. The largest absolute Gasteiger partial charge is 0.355 e. The summed E-state index contributed by atoms with van der Waals surface area (Å²) in [6.07, 6.45) is 0. The molecule has 23 heavy (non-hydrogen) atoms. The molecule has 1 amide bonds. The second-order valence-corrected chi connectivity index (χ2v) is 5.15. The lowest BCUT2D eigenvalue weighted by atomic mass is 10.1. The highest BCUT2D eigenvalue weighted by atomic mass is 16.1. The van der Waals surface area contributed by atoms with E-state index >= 15 is 0 Å². The Kier molecular flexibility index (Phi) is 4.34. The van der Waals surface area contributed by atoms with Gasteiger partial charge >= 0.3 is 0 Å². The van der Waals surface area contributed by atoms with Gasteiger partial charge in [0.2, 0.25) is 0 Å². The van der Waals surface area contributed by atoms with Gasteiger partial charge in [0.25, 0.3) is 5.91 Å². The smallest absolute Gasteiger partial charge is 0.258 e. The van der Waals surface area contributed by atoms with Crippen LogP contribution in [0.4, 0.5) is 17.2 Å². The van der Waals surface area contributed by atoms with Gasteiger partial charge in [-0.2, -0.15) is 0 Å². The third-order valence-electron chi connectivity index (χ3n) is 3.35. The number of benzene rings is 2. The second kappa shape index (κ2) is 6.75. The minimum Gasteiger partial charge on any atom is -0.355 e. The number of hydrogen-bond donors (Lipinski definition) is 2. The lowest BCUT2D eigenvalue weighted by Crippen LogP contribution is -2.14. The highest BCUT2D eigenvalue weighted by Gasteiger charge is 2.12. The van der Waals surface area contributed by atoms with Crippen LogP contribution in [0.1, 0.15) is 16.1 Å². The quantitative estimate of drug-likeness (QED) is 0.751. The summed E-state index contributed by atoms with van der Waals surface area (Å²) in [5.74, 6) is 0.353. The van der Waals surface area contributed by atoms with Gasteiger partial charge in [-0.1, -0.05) is 36.4 Å². The van der Waals surface area contributed by atoms with Crippen LogP contribution in [0.25, 0.3) is 0 Å². The molecule has 0 fully saturated rings. The average Bonchev–Trinajstić information content (AvgIpc) is 2.56. The van der Waals surface area contributed by atoms with Crippen LogP contribution < -0.4 is 10.6 Å². The molecular formula is C19H17N3O. The molecule has 0 unspecified atom stereocenters. The molecule has 0 saturated carbocycles. The molecular weight excluding hydrogens is 286 g/mol. The molecule has 4 nitrogen and oxygen atoms in total. The van der Waals surface area contributed by atoms with Gasteiger partial charge in [-0.15, -0.1) is 0 Å². The number of anilines is 3. The summed E-state index contributed by atoms with van der Waals surface area (Å²) < 4.78 is 0. The van der Waals surface area contributed by atoms with Gasteiger partial charge in [0.1, 0.15) is 5.82 Å². The molecule has 4 heteroatoms. The van der Waals surface area contributed by atoms with Crippen molar-refractivity contribution in [1.29, 1.82) is 0 Å². The highest BCUT2D eigenvalue weighted by molar-refractivity contribution is 6.08. The van der Waals surface area contributed by atoms with E-state index < -0.39 is 0 Å². The minimum atomic E-state index is -0.192. The zero-order valence-corrected chi connectivity index (χ0v) is 12.8. The molecule has 1 aromatic heterocycles. The van der Waals surface area contributed by atoms with Gasteiger partial charge in [-0.05, 0) is 43.3 Å². The van der Waals surface area contributed by atoms with Crippen LogP contribution in [0, 0.1) is 6.92 Å². The average molecular weight is 303 g/mol. The third-order valence-corrected chi connectivity index (χ3v) is 3.35. The van der Waals surface area contributed by atoms with Crippen molar-refractivity contribution in [2.24, 2.45) is 0 Å². The first-order valence-electron chi connectivity index (χ1n) is 7.38. The van der Waals surface area contributed by atoms with Gasteiger partial charge in [0.15, 0.2) is 0 Å². The maximum Gasteiger partial charge on any atom is 0.258 e. The number of amides is 1. The van der Waals surface area contributed by atoms with Crippen LogP contribution in [0.3, 0.4) is 0 Å². The van der Waals surface area contributed by atoms with Crippen molar-refractivity contribution in [3.8, 4) is 0 Å². The minimum absolute atomic E-state index is 0.192. The molecule has 2 N–H and O–H groups in total. The molecule has 0 atom stereocenters. The number of carbonyl (C=O) groups is 1. The number of nitrogens with zero attached hydrogens (tertiary/aromatic N) is 1. The molecule has 114 valence electrons. The van der Waals surface area contributed by atoms with Crippen molar-refractivity contribution in [1.82, 2.24) is 4.98 Å². The molecule has 2 aromatic carbocycles. The fraction of sp³-hybridized carbons (Fsp3) is 0.0526. The Labute approximate surface area is 135 Å². The Balaban J connectivity index is 1.83. The predicted molar refractivity (Wildman–Crippen MR) is 93.1 cm³/mol. The first kappa shape index (κ1) is 14.8. The normalized spacial score (nSPS) is 10.1. The fourth-order valence-corrected chi connectivity index (χ4v) is 2.26. The maximum absolute atomic E-state index is 12.5. The first-order chi connectivity index (χ1) is 11.2. The summed E-state index contributed by atoms with van der Waals surface area (Å²) in [7, 11) is 0. The number of carbonyl (C=O) groups excluding carboxylic acids is 1. The van der Waals surface area contributed by atoms with Crippen molar-refractivity contribution in [3.63, 3.8) is 0 Å². The Hall–Kier alpha value is -3.14. The summed E-state index contributed by atoms with van der Waals surface area (Å²) in [6.45, 7) is 1.89. The lowest BCUT2D eigenvalue weighted by Gasteiger charge is -2.12. The molecule has 1 heterocycles. The fourth-order valence-electron chi connectivity index (χ4n) is 2.26. The van der Waals surface area contributed by atoms with E-state index in [0.717, 1.165) is 17.1 Å². The molecule has 0 aliphatic carbocycles. The number of nitrogens with one attached hydrogen (secondary N) is 2. The molecule has 0 radical (unpaired) electrons. The van der Waals surface area contributed by atoms with E-state index in [0.29, 0.717) is 11.4 Å². The highest BCUT2D eigenvalue weighted by Crippen LogP contribution is 2.21. The molecule has 0 saturated heterocycles. The van der Waals surface area contributed by atoms with Crippen molar-refractivity contribution in [2.45, 2.75) is 6.92 Å². The van der Waals surface area contributed by atoms with Crippen molar-refractivity contribution in [3.05, 3.63) is 84.1 Å². The molecule has 3 aromatic rings. The molecule has 0 bridgehead atoms. The van der Waals surface area contributed by atoms with Crippen LogP contribution in [0.15, 0.2) is 72.8 Å². The number of aromatic nitrogens is 1. The van der Waals surface area contributed by atoms with Gasteiger partial charge in [0, 0.05) is 11.4 Å². The number of aryl methyl sites for hydroxylation is 1. The first-order valence-corrected chi connectivity index (χ1v) is 7.38. The molecule has 0 aliphatic rings. The molecule has 0 aliphatic heterocycles. The van der Waals surface area contributed by atoms with E-state index in [-0.39, 0.29) is 5.91 Å². The number of pyridine rings is 1. The zero-order valence-electron chi connectivity index (χ0n) is 12.8. The Morgan fingerprint density at radius 3 is 2.39 bits per heavy atom. The van der Waals surface area contributed by atoms with E-state index in [9.17, 15) is 4.79 Å². The van der Waals surface area contributed by atoms with E-state index in [1.807, 2.05) is 67.6 Å². The summed E-state index contributed by atoms with van der Waals surface area (Å²) in [5, 5.41) is 6.10. The lowest BCUT2D eigenvalue weighted by molar-refractivity contribution is 0.102. The summed E-state index contributed by atoms with van der Waals surface area (Å²) in [6, 6.07) is 22.7. The van der Waals surface area contributed by atoms with Crippen LogP contribution in [-0.4, -0.2) is 10.9 Å². The van der Waals surface area contributed by atoms with Crippen molar-refractivity contribution < 1.29 is 4.79 Å². The maximum atomic E-state index is 12.5. The van der Waals surface area contributed by atoms with Gasteiger partial charge in [-0.25, -0.2) is 4.98 Å². The number of para-hydroxylation sites is 2. The topological polar surface area (TPSA) is 54.0 Å². The Bertz CT molecular complexity index is 816. The van der Waals surface area contributed by atoms with Gasteiger partial charge in [0.05, 0.1) is 11.3 Å². The Morgan fingerprint density at radius 2 is 1.61 bits per heavy atom. The number of rotatable bonds is 4. The van der Waals surface area contributed by atoms with Crippen LogP contribution in [0.2, 0.25) is 0 Å². The van der Waals surface area contributed by atoms with Gasteiger partial charge in [-0.3, -0.25) is 4.79 Å². The third kappa shape index (κ3) is 3.74. The van der Waals surface area contributed by atoms with E-state index in [1.165, 1.54) is 0 Å². The summed E-state index contributed by atoms with van der Waals surface area (Å²) in [4.78, 5) is 16.8. The molecule has 3 rings (SSSR count). The SMILES string of the molecule is Cc1cccc(NC(=O)c2ccccc2Nc2ccccc2)n1. The zero-order chi connectivity index (χ0) is 16.1. The van der Waals surface area contributed by atoms with Gasteiger partial charge < -0.3 is 10.6 Å². The van der Waals surface area contributed by atoms with Crippen LogP contribution in [-0.2, 0) is 0 Å². The monoisotopic (exact) mass is 303 g/mol. The molecule has 0 spiro atoms.